The minimum absolute atomic E-state index is 0.0699. The third-order valence-corrected chi connectivity index (χ3v) is 6.21. The molecule has 174 valence electrons. The fourth-order valence-corrected chi connectivity index (χ4v) is 4.01. The number of furan rings is 1. The summed E-state index contributed by atoms with van der Waals surface area (Å²) < 4.78 is 42.8. The van der Waals surface area contributed by atoms with Crippen LogP contribution in [0.4, 0.5) is 0 Å². The van der Waals surface area contributed by atoms with Crippen molar-refractivity contribution in [2.45, 2.75) is 17.9 Å². The number of hydrogen-bond acceptors (Lipinski definition) is 6. The van der Waals surface area contributed by atoms with Gasteiger partial charge < -0.3 is 19.2 Å². The van der Waals surface area contributed by atoms with Crippen LogP contribution in [0, 0.1) is 0 Å². The molecule has 0 unspecified atom stereocenters. The van der Waals surface area contributed by atoms with E-state index in [2.05, 4.69) is 10.0 Å². The quantitative estimate of drug-likeness (QED) is 0.417. The number of benzene rings is 2. The van der Waals surface area contributed by atoms with Crippen LogP contribution in [0.25, 0.3) is 6.08 Å². The average molecular weight is 471 g/mol. The molecule has 8 nitrogen and oxygen atoms in total. The van der Waals surface area contributed by atoms with E-state index in [1.807, 2.05) is 18.2 Å². The number of carbonyl (C=O) groups excluding carboxylic acids is 1. The van der Waals surface area contributed by atoms with Gasteiger partial charge in [-0.15, -0.1) is 0 Å². The van der Waals surface area contributed by atoms with Gasteiger partial charge in [0.25, 0.3) is 0 Å². The molecule has 0 spiro atoms. The number of carbonyl (C=O) groups is 1. The van der Waals surface area contributed by atoms with E-state index in [0.717, 1.165) is 5.56 Å². The van der Waals surface area contributed by atoms with Gasteiger partial charge in [-0.1, -0.05) is 18.2 Å². The van der Waals surface area contributed by atoms with E-state index in [4.69, 9.17) is 13.9 Å². The molecule has 2 aromatic carbocycles. The molecule has 1 amide bonds. The predicted octanol–water partition coefficient (Wildman–Crippen LogP) is 3.15. The van der Waals surface area contributed by atoms with Gasteiger partial charge in [-0.3, -0.25) is 4.79 Å². The molecule has 3 rings (SSSR count). The molecule has 1 aromatic heterocycles. The standard InChI is InChI=1S/C24H26N2O6S/c1-30-22-11-7-19(16-23(22)31-2)13-14-25-24(27)12-8-18-5-9-21(10-6-18)33(28,29)26-17-20-4-3-15-32-20/h3-12,15-16,26H,13-14,17H2,1-2H3,(H,25,27)/b12-8+. The highest BCUT2D eigenvalue weighted by atomic mass is 32.2. The number of nitrogens with one attached hydrogen (secondary N) is 2. The molecule has 0 aliphatic rings. The van der Waals surface area contributed by atoms with Crippen molar-refractivity contribution >= 4 is 22.0 Å². The summed E-state index contributed by atoms with van der Waals surface area (Å²) in [6.45, 7) is 0.525. The Hall–Kier alpha value is -3.56. The topological polar surface area (TPSA) is 107 Å². The van der Waals surface area contributed by atoms with Crippen LogP contribution in [0.1, 0.15) is 16.9 Å². The summed E-state index contributed by atoms with van der Waals surface area (Å²) in [7, 11) is -0.506. The van der Waals surface area contributed by atoms with Gasteiger partial charge in [-0.05, 0) is 60.0 Å². The van der Waals surface area contributed by atoms with Gasteiger partial charge in [0.15, 0.2) is 11.5 Å². The fourth-order valence-electron chi connectivity index (χ4n) is 3.02. The molecule has 0 atom stereocenters. The first-order valence-corrected chi connectivity index (χ1v) is 11.7. The second-order valence-corrected chi connectivity index (χ2v) is 8.80. The Bertz CT molecular complexity index is 1190. The number of hydrogen-bond donors (Lipinski definition) is 2. The van der Waals surface area contributed by atoms with E-state index in [1.54, 1.807) is 44.6 Å². The summed E-state index contributed by atoms with van der Waals surface area (Å²) in [6, 6.07) is 15.2. The SMILES string of the molecule is COc1ccc(CCNC(=O)/C=C/c2ccc(S(=O)(=O)NCc3ccco3)cc2)cc1OC. The average Bonchev–Trinajstić information content (AvgIpc) is 3.35. The highest BCUT2D eigenvalue weighted by molar-refractivity contribution is 7.89. The van der Waals surface area contributed by atoms with Gasteiger partial charge >= 0.3 is 0 Å². The third-order valence-electron chi connectivity index (χ3n) is 4.79. The Kier molecular flexibility index (Phi) is 8.28. The maximum Gasteiger partial charge on any atom is 0.244 e. The molecular formula is C24H26N2O6S. The zero-order chi connectivity index (χ0) is 23.7. The Balaban J connectivity index is 1.48. The Morgan fingerprint density at radius 3 is 2.45 bits per heavy atom. The molecule has 33 heavy (non-hydrogen) atoms. The van der Waals surface area contributed by atoms with Crippen molar-refractivity contribution in [2.75, 3.05) is 20.8 Å². The van der Waals surface area contributed by atoms with Crippen molar-refractivity contribution in [3.8, 4) is 11.5 Å². The van der Waals surface area contributed by atoms with Crippen LogP contribution >= 0.6 is 0 Å². The van der Waals surface area contributed by atoms with Crippen LogP contribution in [0.5, 0.6) is 11.5 Å². The van der Waals surface area contributed by atoms with Crippen molar-refractivity contribution in [1.29, 1.82) is 0 Å². The van der Waals surface area contributed by atoms with E-state index in [9.17, 15) is 13.2 Å². The van der Waals surface area contributed by atoms with Gasteiger partial charge in [0.2, 0.25) is 15.9 Å². The van der Waals surface area contributed by atoms with E-state index >= 15 is 0 Å². The molecule has 0 radical (unpaired) electrons. The summed E-state index contributed by atoms with van der Waals surface area (Å²) >= 11 is 0. The first kappa shape index (κ1) is 24.1. The lowest BCUT2D eigenvalue weighted by atomic mass is 10.1. The molecule has 0 aliphatic carbocycles. The van der Waals surface area contributed by atoms with Crippen molar-refractivity contribution in [2.24, 2.45) is 0 Å². The minimum atomic E-state index is -3.66. The van der Waals surface area contributed by atoms with E-state index in [0.29, 0.717) is 35.8 Å². The summed E-state index contributed by atoms with van der Waals surface area (Å²) in [5.74, 6) is 1.57. The zero-order valence-electron chi connectivity index (χ0n) is 18.4. The highest BCUT2D eigenvalue weighted by Gasteiger charge is 2.14. The van der Waals surface area contributed by atoms with E-state index < -0.39 is 10.0 Å². The van der Waals surface area contributed by atoms with Crippen molar-refractivity contribution in [3.63, 3.8) is 0 Å². The monoisotopic (exact) mass is 470 g/mol. The molecule has 2 N–H and O–H groups in total. The number of amides is 1. The van der Waals surface area contributed by atoms with Gasteiger partial charge in [0, 0.05) is 12.6 Å². The summed E-state index contributed by atoms with van der Waals surface area (Å²) in [4.78, 5) is 12.2. The highest BCUT2D eigenvalue weighted by Crippen LogP contribution is 2.27. The second kappa shape index (κ2) is 11.3. The normalized spacial score (nSPS) is 11.5. The van der Waals surface area contributed by atoms with Crippen LogP contribution in [-0.2, 0) is 27.8 Å². The Morgan fingerprint density at radius 1 is 1.03 bits per heavy atom. The molecule has 0 aliphatic heterocycles. The summed E-state index contributed by atoms with van der Waals surface area (Å²) in [5.41, 5.74) is 1.71. The lowest BCUT2D eigenvalue weighted by Crippen LogP contribution is -2.23. The maximum absolute atomic E-state index is 12.4. The zero-order valence-corrected chi connectivity index (χ0v) is 19.2. The molecule has 0 saturated carbocycles. The molecule has 0 fully saturated rings. The largest absolute Gasteiger partial charge is 0.493 e. The number of rotatable bonds is 11. The van der Waals surface area contributed by atoms with Crippen LogP contribution in [-0.4, -0.2) is 35.1 Å². The molecule has 0 saturated heterocycles. The van der Waals surface area contributed by atoms with Gasteiger partial charge in [0.05, 0.1) is 31.9 Å². The second-order valence-electron chi connectivity index (χ2n) is 7.04. The first-order chi connectivity index (χ1) is 15.9. The molecule has 3 aromatic rings. The fraction of sp³-hybridized carbons (Fsp3) is 0.208. The van der Waals surface area contributed by atoms with Crippen LogP contribution in [0.3, 0.4) is 0 Å². The summed E-state index contributed by atoms with van der Waals surface area (Å²) in [6.07, 6.45) is 5.15. The molecule has 0 bridgehead atoms. The van der Waals surface area contributed by atoms with Crippen LogP contribution < -0.4 is 19.5 Å². The lowest BCUT2D eigenvalue weighted by Gasteiger charge is -2.09. The van der Waals surface area contributed by atoms with Gasteiger partial charge in [0.1, 0.15) is 5.76 Å². The summed E-state index contributed by atoms with van der Waals surface area (Å²) in [5, 5.41) is 2.82. The Labute approximate surface area is 193 Å². The van der Waals surface area contributed by atoms with Crippen molar-refractivity contribution in [3.05, 3.63) is 83.8 Å². The van der Waals surface area contributed by atoms with Crippen LogP contribution in [0.2, 0.25) is 0 Å². The van der Waals surface area contributed by atoms with Gasteiger partial charge in [-0.2, -0.15) is 0 Å². The van der Waals surface area contributed by atoms with Crippen molar-refractivity contribution < 1.29 is 27.1 Å². The van der Waals surface area contributed by atoms with E-state index in [1.165, 1.54) is 24.5 Å². The maximum atomic E-state index is 12.4. The third kappa shape index (κ3) is 6.96. The van der Waals surface area contributed by atoms with Crippen LogP contribution in [0.15, 0.2) is 76.2 Å². The number of methoxy groups -OCH3 is 2. The minimum Gasteiger partial charge on any atom is -0.493 e. The van der Waals surface area contributed by atoms with Crippen molar-refractivity contribution in [1.82, 2.24) is 10.0 Å². The number of sulfonamides is 1. The molecule has 9 heteroatoms. The Morgan fingerprint density at radius 2 is 1.79 bits per heavy atom. The molecule has 1 heterocycles. The smallest absolute Gasteiger partial charge is 0.244 e. The van der Waals surface area contributed by atoms with E-state index in [-0.39, 0.29) is 17.3 Å². The predicted molar refractivity (Wildman–Crippen MR) is 124 cm³/mol. The molecular weight excluding hydrogens is 444 g/mol. The number of ether oxygens (including phenoxy) is 2. The lowest BCUT2D eigenvalue weighted by molar-refractivity contribution is -0.116. The van der Waals surface area contributed by atoms with Gasteiger partial charge in [-0.25, -0.2) is 13.1 Å². The first-order valence-electron chi connectivity index (χ1n) is 10.2.